The van der Waals surface area contributed by atoms with Crippen LogP contribution in [-0.4, -0.2) is 37.2 Å². The first-order valence-corrected chi connectivity index (χ1v) is 27.7. The molecule has 0 aliphatic rings. The van der Waals surface area contributed by atoms with Crippen molar-refractivity contribution in [1.82, 2.24) is 0 Å². The van der Waals surface area contributed by atoms with Crippen LogP contribution in [0.3, 0.4) is 0 Å². The standard InChI is InChI=1S/C65H98O6/c1-4-7-10-13-16-19-22-25-28-31-32-35-37-40-43-46-49-52-55-58-64(67)70-61-62(71-65(68)59-56-53-50-47-44-41-38-34-30-27-24-21-18-15-12-9-6-3)60-69-63(66)57-54-51-48-45-42-39-36-33-29-26-23-20-17-14-11-8-5-2/h7-12,15-21,24-30,34,36,38-39,41,44-45,48,62H,4-6,13-14,22-23,31-33,35,37,40,42-43,46-47,49-61H2,1-3H3/b10-7-,11-8-,12-9-,18-15-,19-16-,20-17-,24-21-,28-25-,29-26-,30-27-,38-34+,39-36-,44-41-,48-45-. The molecule has 0 bridgehead atoms. The zero-order chi connectivity index (χ0) is 51.4. The van der Waals surface area contributed by atoms with Gasteiger partial charge in [0.15, 0.2) is 6.10 Å². The Morgan fingerprint density at radius 3 is 1.03 bits per heavy atom. The van der Waals surface area contributed by atoms with Crippen molar-refractivity contribution in [3.63, 3.8) is 0 Å². The monoisotopic (exact) mass is 975 g/mol. The Bertz CT molecular complexity index is 1690. The molecular formula is C65H98O6. The van der Waals surface area contributed by atoms with E-state index in [4.69, 9.17) is 14.2 Å². The van der Waals surface area contributed by atoms with Crippen LogP contribution in [0.4, 0.5) is 0 Å². The fraction of sp³-hybridized carbons (Fsp3) is 0.523. The van der Waals surface area contributed by atoms with Gasteiger partial charge in [0.05, 0.1) is 0 Å². The molecule has 71 heavy (non-hydrogen) atoms. The van der Waals surface area contributed by atoms with Gasteiger partial charge < -0.3 is 14.2 Å². The topological polar surface area (TPSA) is 78.9 Å². The van der Waals surface area contributed by atoms with E-state index in [-0.39, 0.29) is 44.0 Å². The SMILES string of the molecule is CC\C=C/C=C\C=C/C=C\C=C\C=C/CCCCCC(=O)OC(COC(=O)CCC/C=C\C/C=C\C/C=C\C/C=C\C/C=C\CC)COC(=O)CCCCCCCCCCC/C=C\C/C=C\C/C=C\CC. The number of hydrogen-bond acceptors (Lipinski definition) is 6. The third-order valence-electron chi connectivity index (χ3n) is 10.9. The quantitative estimate of drug-likeness (QED) is 0.0199. The first-order valence-electron chi connectivity index (χ1n) is 27.7. The minimum Gasteiger partial charge on any atom is -0.462 e. The van der Waals surface area contributed by atoms with Crippen LogP contribution < -0.4 is 0 Å². The summed E-state index contributed by atoms with van der Waals surface area (Å²) in [6, 6.07) is 0. The molecule has 1 atom stereocenters. The maximum atomic E-state index is 12.8. The van der Waals surface area contributed by atoms with Crippen molar-refractivity contribution in [2.24, 2.45) is 0 Å². The van der Waals surface area contributed by atoms with E-state index in [2.05, 4.69) is 130 Å². The number of rotatable bonds is 47. The van der Waals surface area contributed by atoms with E-state index < -0.39 is 6.10 Å². The highest BCUT2D eigenvalue weighted by atomic mass is 16.6. The van der Waals surface area contributed by atoms with E-state index in [0.717, 1.165) is 109 Å². The first kappa shape index (κ1) is 65.8. The zero-order valence-corrected chi connectivity index (χ0v) is 44.9. The largest absolute Gasteiger partial charge is 0.462 e. The number of carbonyl (C=O) groups excluding carboxylic acids is 3. The summed E-state index contributed by atoms with van der Waals surface area (Å²) in [4.78, 5) is 38.1. The summed E-state index contributed by atoms with van der Waals surface area (Å²) >= 11 is 0. The number of allylic oxidation sites excluding steroid dienone is 28. The van der Waals surface area contributed by atoms with Crippen LogP contribution >= 0.6 is 0 Å². The van der Waals surface area contributed by atoms with Gasteiger partial charge in [0.1, 0.15) is 13.2 Å². The fourth-order valence-electron chi connectivity index (χ4n) is 6.82. The van der Waals surface area contributed by atoms with Gasteiger partial charge in [-0.15, -0.1) is 0 Å². The van der Waals surface area contributed by atoms with Gasteiger partial charge in [-0.2, -0.15) is 0 Å². The fourth-order valence-corrected chi connectivity index (χ4v) is 6.82. The highest BCUT2D eigenvalue weighted by Gasteiger charge is 2.19. The molecule has 0 aromatic rings. The third-order valence-corrected chi connectivity index (χ3v) is 10.9. The van der Waals surface area contributed by atoms with Gasteiger partial charge in [0.2, 0.25) is 0 Å². The highest BCUT2D eigenvalue weighted by molar-refractivity contribution is 5.71. The van der Waals surface area contributed by atoms with Crippen LogP contribution in [0.2, 0.25) is 0 Å². The summed E-state index contributed by atoms with van der Waals surface area (Å²) in [5, 5.41) is 0. The molecule has 0 spiro atoms. The van der Waals surface area contributed by atoms with Crippen molar-refractivity contribution in [3.8, 4) is 0 Å². The number of esters is 3. The molecule has 0 N–H and O–H groups in total. The molecule has 0 saturated carbocycles. The summed E-state index contributed by atoms with van der Waals surface area (Å²) in [5.41, 5.74) is 0. The first-order chi connectivity index (χ1) is 35.0. The smallest absolute Gasteiger partial charge is 0.306 e. The second-order valence-corrected chi connectivity index (χ2v) is 17.5. The predicted molar refractivity (Wildman–Crippen MR) is 306 cm³/mol. The van der Waals surface area contributed by atoms with Crippen molar-refractivity contribution in [1.29, 1.82) is 0 Å². The van der Waals surface area contributed by atoms with Crippen molar-refractivity contribution in [2.45, 2.75) is 207 Å². The number of carbonyl (C=O) groups is 3. The van der Waals surface area contributed by atoms with Gasteiger partial charge in [-0.25, -0.2) is 0 Å². The molecule has 0 aliphatic heterocycles. The maximum Gasteiger partial charge on any atom is 0.306 e. The van der Waals surface area contributed by atoms with Gasteiger partial charge in [0.25, 0.3) is 0 Å². The normalized spacial score (nSPS) is 13.5. The molecule has 0 saturated heterocycles. The van der Waals surface area contributed by atoms with E-state index in [1.54, 1.807) is 0 Å². The Kier molecular flexibility index (Phi) is 53.1. The van der Waals surface area contributed by atoms with Crippen molar-refractivity contribution in [2.75, 3.05) is 13.2 Å². The number of ether oxygens (including phenoxy) is 3. The average Bonchev–Trinajstić information content (AvgIpc) is 3.37. The Balaban J connectivity index is 4.60. The molecule has 0 aromatic carbocycles. The van der Waals surface area contributed by atoms with Gasteiger partial charge >= 0.3 is 17.9 Å². The van der Waals surface area contributed by atoms with E-state index >= 15 is 0 Å². The minimum absolute atomic E-state index is 0.126. The Hall–Kier alpha value is -5.23. The molecule has 0 rings (SSSR count). The van der Waals surface area contributed by atoms with Crippen LogP contribution in [-0.2, 0) is 28.6 Å². The molecule has 0 aliphatic carbocycles. The van der Waals surface area contributed by atoms with Crippen LogP contribution in [0.15, 0.2) is 170 Å². The van der Waals surface area contributed by atoms with E-state index in [9.17, 15) is 14.4 Å². The number of hydrogen-bond donors (Lipinski definition) is 0. The highest BCUT2D eigenvalue weighted by Crippen LogP contribution is 2.13. The summed E-state index contributed by atoms with van der Waals surface area (Å²) in [6.07, 6.45) is 84.8. The summed E-state index contributed by atoms with van der Waals surface area (Å²) < 4.78 is 16.8. The van der Waals surface area contributed by atoms with Gasteiger partial charge in [0, 0.05) is 19.3 Å². The van der Waals surface area contributed by atoms with E-state index in [0.29, 0.717) is 19.3 Å². The maximum absolute atomic E-state index is 12.8. The lowest BCUT2D eigenvalue weighted by atomic mass is 10.1. The second-order valence-electron chi connectivity index (χ2n) is 17.5. The van der Waals surface area contributed by atoms with Crippen LogP contribution in [0.1, 0.15) is 201 Å². The van der Waals surface area contributed by atoms with Gasteiger partial charge in [-0.05, 0) is 109 Å². The molecule has 0 fully saturated rings. The summed E-state index contributed by atoms with van der Waals surface area (Å²) in [7, 11) is 0. The molecular weight excluding hydrogens is 877 g/mol. The predicted octanol–water partition coefficient (Wildman–Crippen LogP) is 18.8. The molecule has 394 valence electrons. The Morgan fingerprint density at radius 1 is 0.296 bits per heavy atom. The summed E-state index contributed by atoms with van der Waals surface area (Å²) in [6.45, 7) is 6.16. The van der Waals surface area contributed by atoms with Gasteiger partial charge in [-0.1, -0.05) is 242 Å². The average molecular weight is 975 g/mol. The van der Waals surface area contributed by atoms with E-state index in [1.807, 2.05) is 60.8 Å². The van der Waals surface area contributed by atoms with Crippen molar-refractivity contribution >= 4 is 17.9 Å². The lowest BCUT2D eigenvalue weighted by Crippen LogP contribution is -2.30. The lowest BCUT2D eigenvalue weighted by molar-refractivity contribution is -0.167. The molecule has 0 amide bonds. The van der Waals surface area contributed by atoms with Crippen LogP contribution in [0.5, 0.6) is 0 Å². The van der Waals surface area contributed by atoms with Gasteiger partial charge in [-0.3, -0.25) is 14.4 Å². The summed E-state index contributed by atoms with van der Waals surface area (Å²) in [5.74, 6) is -1.05. The van der Waals surface area contributed by atoms with Crippen LogP contribution in [0, 0.1) is 0 Å². The second kappa shape index (κ2) is 57.3. The zero-order valence-electron chi connectivity index (χ0n) is 44.9. The molecule has 1 unspecified atom stereocenters. The lowest BCUT2D eigenvalue weighted by Gasteiger charge is -2.18. The third kappa shape index (κ3) is 55.6. The van der Waals surface area contributed by atoms with Crippen molar-refractivity contribution in [3.05, 3.63) is 170 Å². The molecule has 0 aromatic heterocycles. The van der Waals surface area contributed by atoms with E-state index in [1.165, 1.54) is 38.5 Å². The van der Waals surface area contributed by atoms with Crippen molar-refractivity contribution < 1.29 is 28.6 Å². The Labute approximate surface area is 434 Å². The molecule has 0 heterocycles. The minimum atomic E-state index is -0.837. The molecule has 6 nitrogen and oxygen atoms in total. The molecule has 0 radical (unpaired) electrons. The molecule has 6 heteroatoms. The number of unbranched alkanes of at least 4 members (excludes halogenated alkanes) is 13. The Morgan fingerprint density at radius 2 is 0.592 bits per heavy atom. The van der Waals surface area contributed by atoms with Crippen LogP contribution in [0.25, 0.3) is 0 Å².